The molecule has 5 unspecified atom stereocenters. The van der Waals surface area contributed by atoms with E-state index >= 15 is 0 Å². The standard InChI is InChI=1S/C19H25NO/c1-3-12(2)20-11-13-4-7-16-17-10-15(21)6-5-14(17)9-19(20)18(16)8-13/h3,5-6,10,12-13,16,18-19,21H,1,4,7-9,11H2,2H3. The normalized spacial score (nSPS) is 35.9. The summed E-state index contributed by atoms with van der Waals surface area (Å²) >= 11 is 0. The van der Waals surface area contributed by atoms with Crippen molar-refractivity contribution in [3.63, 3.8) is 0 Å². The first kappa shape index (κ1) is 13.4. The molecule has 1 N–H and O–H groups in total. The van der Waals surface area contributed by atoms with Gasteiger partial charge < -0.3 is 5.11 Å². The van der Waals surface area contributed by atoms with Crippen LogP contribution in [-0.2, 0) is 6.42 Å². The zero-order valence-electron chi connectivity index (χ0n) is 12.8. The molecule has 1 aliphatic heterocycles. The molecule has 2 nitrogen and oxygen atoms in total. The summed E-state index contributed by atoms with van der Waals surface area (Å²) in [5.41, 5.74) is 2.89. The second-order valence-electron chi connectivity index (χ2n) is 7.28. The zero-order valence-corrected chi connectivity index (χ0v) is 12.8. The number of aromatic hydroxyl groups is 1. The van der Waals surface area contributed by atoms with Gasteiger partial charge in [-0.2, -0.15) is 0 Å². The van der Waals surface area contributed by atoms with E-state index in [0.29, 0.717) is 23.8 Å². The average molecular weight is 283 g/mol. The number of phenols is 1. The van der Waals surface area contributed by atoms with Crippen LogP contribution in [0.15, 0.2) is 30.9 Å². The fourth-order valence-corrected chi connectivity index (χ4v) is 5.16. The fourth-order valence-electron chi connectivity index (χ4n) is 5.16. The molecule has 1 aromatic carbocycles. The summed E-state index contributed by atoms with van der Waals surface area (Å²) in [6.45, 7) is 7.55. The smallest absolute Gasteiger partial charge is 0.115 e. The number of fused-ring (bicyclic) bond motifs is 3. The lowest BCUT2D eigenvalue weighted by molar-refractivity contribution is -0.00708. The van der Waals surface area contributed by atoms with Gasteiger partial charge in [0.2, 0.25) is 0 Å². The molecular formula is C19H25NO. The van der Waals surface area contributed by atoms with Crippen molar-refractivity contribution < 1.29 is 5.11 Å². The molecule has 2 bridgehead atoms. The van der Waals surface area contributed by atoms with E-state index in [4.69, 9.17) is 0 Å². The van der Waals surface area contributed by atoms with Crippen molar-refractivity contribution >= 4 is 0 Å². The second kappa shape index (κ2) is 4.88. The molecule has 5 atom stereocenters. The highest BCUT2D eigenvalue weighted by atomic mass is 16.3. The molecule has 0 aromatic heterocycles. The Balaban J connectivity index is 1.76. The van der Waals surface area contributed by atoms with Gasteiger partial charge in [0.25, 0.3) is 0 Å². The summed E-state index contributed by atoms with van der Waals surface area (Å²) in [5.74, 6) is 2.72. The van der Waals surface area contributed by atoms with Crippen LogP contribution in [0.3, 0.4) is 0 Å². The Morgan fingerprint density at radius 3 is 3.05 bits per heavy atom. The van der Waals surface area contributed by atoms with Gasteiger partial charge in [-0.15, -0.1) is 6.58 Å². The maximum absolute atomic E-state index is 9.86. The van der Waals surface area contributed by atoms with Crippen molar-refractivity contribution in [2.75, 3.05) is 6.54 Å². The van der Waals surface area contributed by atoms with Gasteiger partial charge in [0.15, 0.2) is 0 Å². The fraction of sp³-hybridized carbons (Fsp3) is 0.579. The molecule has 21 heavy (non-hydrogen) atoms. The van der Waals surface area contributed by atoms with E-state index in [2.05, 4.69) is 30.5 Å². The number of phenolic OH excluding ortho intramolecular Hbond substituents is 1. The summed E-state index contributed by atoms with van der Waals surface area (Å²) < 4.78 is 0. The minimum atomic E-state index is 0.432. The van der Waals surface area contributed by atoms with E-state index < -0.39 is 0 Å². The first-order valence-electron chi connectivity index (χ1n) is 8.37. The van der Waals surface area contributed by atoms with Crippen molar-refractivity contribution in [2.45, 2.75) is 50.6 Å². The summed E-state index contributed by atoms with van der Waals surface area (Å²) in [4.78, 5) is 2.70. The summed E-state index contributed by atoms with van der Waals surface area (Å²) in [5, 5.41) is 9.86. The Morgan fingerprint density at radius 2 is 2.24 bits per heavy atom. The Labute approximate surface area is 127 Å². The van der Waals surface area contributed by atoms with Crippen LogP contribution in [-0.4, -0.2) is 28.6 Å². The largest absolute Gasteiger partial charge is 0.508 e. The van der Waals surface area contributed by atoms with E-state index in [9.17, 15) is 5.11 Å². The molecule has 1 heterocycles. The van der Waals surface area contributed by atoms with E-state index in [1.54, 1.807) is 0 Å². The van der Waals surface area contributed by atoms with Crippen molar-refractivity contribution in [1.82, 2.24) is 4.90 Å². The van der Waals surface area contributed by atoms with Crippen LogP contribution in [0.2, 0.25) is 0 Å². The molecule has 2 fully saturated rings. The predicted octanol–water partition coefficient (Wildman–Crippen LogP) is 3.71. The van der Waals surface area contributed by atoms with Gasteiger partial charge in [-0.3, -0.25) is 4.90 Å². The lowest BCUT2D eigenvalue weighted by Crippen LogP contribution is -2.57. The molecule has 2 aliphatic carbocycles. The Kier molecular flexibility index (Phi) is 3.11. The highest BCUT2D eigenvalue weighted by molar-refractivity contribution is 5.41. The number of likely N-dealkylation sites (tertiary alicyclic amines) is 1. The lowest BCUT2D eigenvalue weighted by atomic mass is 9.60. The van der Waals surface area contributed by atoms with Gasteiger partial charge in [-0.1, -0.05) is 12.1 Å². The molecule has 0 amide bonds. The van der Waals surface area contributed by atoms with E-state index in [1.165, 1.54) is 36.9 Å². The third-order valence-electron chi connectivity index (χ3n) is 6.22. The van der Waals surface area contributed by atoms with Crippen LogP contribution < -0.4 is 0 Å². The molecule has 0 spiro atoms. The van der Waals surface area contributed by atoms with E-state index in [0.717, 1.165) is 18.3 Å². The van der Waals surface area contributed by atoms with Crippen LogP contribution in [0, 0.1) is 11.8 Å². The molecule has 1 aromatic rings. The van der Waals surface area contributed by atoms with Gasteiger partial charge in [-0.05, 0) is 73.6 Å². The first-order chi connectivity index (χ1) is 10.2. The summed E-state index contributed by atoms with van der Waals surface area (Å²) in [7, 11) is 0. The SMILES string of the molecule is C=CC(C)N1CC2CCC3c4cc(O)ccc4CC1C3C2. The van der Waals surface area contributed by atoms with Crippen LogP contribution >= 0.6 is 0 Å². The van der Waals surface area contributed by atoms with Crippen molar-refractivity contribution in [1.29, 1.82) is 0 Å². The third-order valence-corrected chi connectivity index (χ3v) is 6.22. The quantitative estimate of drug-likeness (QED) is 0.836. The van der Waals surface area contributed by atoms with Crippen molar-refractivity contribution in [3.8, 4) is 5.75 Å². The van der Waals surface area contributed by atoms with E-state index in [-0.39, 0.29) is 0 Å². The molecule has 1 saturated heterocycles. The monoisotopic (exact) mass is 283 g/mol. The van der Waals surface area contributed by atoms with Gasteiger partial charge in [0.1, 0.15) is 5.75 Å². The summed E-state index contributed by atoms with van der Waals surface area (Å²) in [6.07, 6.45) is 7.26. The maximum Gasteiger partial charge on any atom is 0.115 e. The molecule has 4 rings (SSSR count). The van der Waals surface area contributed by atoms with Gasteiger partial charge in [0.05, 0.1) is 0 Å². The second-order valence-corrected chi connectivity index (χ2v) is 7.28. The number of hydrogen-bond donors (Lipinski definition) is 1. The Morgan fingerprint density at radius 1 is 1.38 bits per heavy atom. The minimum absolute atomic E-state index is 0.432. The molecule has 1 saturated carbocycles. The Hall–Kier alpha value is -1.28. The number of nitrogens with zero attached hydrogens (tertiary/aromatic N) is 1. The number of piperidine rings is 1. The average Bonchev–Trinajstić information content (AvgIpc) is 2.51. The highest BCUT2D eigenvalue weighted by Crippen LogP contribution is 2.52. The minimum Gasteiger partial charge on any atom is -0.508 e. The van der Waals surface area contributed by atoms with Gasteiger partial charge in [-0.25, -0.2) is 0 Å². The van der Waals surface area contributed by atoms with Crippen LogP contribution in [0.5, 0.6) is 5.75 Å². The van der Waals surface area contributed by atoms with Crippen LogP contribution in [0.25, 0.3) is 0 Å². The van der Waals surface area contributed by atoms with Crippen LogP contribution in [0.4, 0.5) is 0 Å². The maximum atomic E-state index is 9.86. The van der Waals surface area contributed by atoms with E-state index in [1.807, 2.05) is 12.1 Å². The molecular weight excluding hydrogens is 258 g/mol. The zero-order chi connectivity index (χ0) is 14.6. The molecule has 112 valence electrons. The Bertz CT molecular complexity index is 567. The predicted molar refractivity (Wildman–Crippen MR) is 85.5 cm³/mol. The van der Waals surface area contributed by atoms with Crippen LogP contribution in [0.1, 0.15) is 43.2 Å². The highest BCUT2D eigenvalue weighted by Gasteiger charge is 2.47. The summed E-state index contributed by atoms with van der Waals surface area (Å²) in [6, 6.07) is 7.17. The van der Waals surface area contributed by atoms with Crippen molar-refractivity contribution in [3.05, 3.63) is 42.0 Å². The third kappa shape index (κ3) is 2.03. The van der Waals surface area contributed by atoms with Gasteiger partial charge >= 0.3 is 0 Å². The number of benzene rings is 1. The topological polar surface area (TPSA) is 23.5 Å². The number of rotatable bonds is 2. The molecule has 2 heteroatoms. The van der Waals surface area contributed by atoms with Gasteiger partial charge in [0, 0.05) is 18.6 Å². The molecule has 3 aliphatic rings. The number of hydrogen-bond acceptors (Lipinski definition) is 2. The first-order valence-corrected chi connectivity index (χ1v) is 8.37. The molecule has 0 radical (unpaired) electrons. The van der Waals surface area contributed by atoms with Crippen molar-refractivity contribution in [2.24, 2.45) is 11.8 Å². The lowest BCUT2D eigenvalue weighted by Gasteiger charge is -2.55.